The maximum Gasteiger partial charge on any atom is 0.162 e. The van der Waals surface area contributed by atoms with Crippen molar-refractivity contribution in [2.45, 2.75) is 38.4 Å². The third-order valence-corrected chi connectivity index (χ3v) is 3.42. The third kappa shape index (κ3) is 3.61. The largest absolute Gasteiger partial charge is 0.493 e. The number of rotatable bonds is 4. The molecule has 2 N–H and O–H groups in total. The molecule has 1 aromatic rings. The van der Waals surface area contributed by atoms with E-state index in [4.69, 9.17) is 9.47 Å². The number of piperidine rings is 1. The Morgan fingerprint density at radius 1 is 1.32 bits per heavy atom. The van der Waals surface area contributed by atoms with E-state index in [0.717, 1.165) is 31.5 Å². The number of methoxy groups -OCH3 is 1. The molecule has 0 aliphatic carbocycles. The van der Waals surface area contributed by atoms with Crippen molar-refractivity contribution >= 4 is 0 Å². The van der Waals surface area contributed by atoms with E-state index in [0.29, 0.717) is 11.5 Å². The summed E-state index contributed by atoms with van der Waals surface area (Å²) in [7, 11) is 1.63. The predicted molar refractivity (Wildman–Crippen MR) is 74.8 cm³/mol. The van der Waals surface area contributed by atoms with Crippen molar-refractivity contribution in [2.75, 3.05) is 20.2 Å². The summed E-state index contributed by atoms with van der Waals surface area (Å²) in [5.74, 6) is 1.41. The first kappa shape index (κ1) is 14.2. The molecular weight excluding hydrogens is 242 g/mol. The summed E-state index contributed by atoms with van der Waals surface area (Å²) in [6.07, 6.45) is 2.33. The molecular formula is C15H23NO3. The van der Waals surface area contributed by atoms with Crippen molar-refractivity contribution in [1.82, 2.24) is 5.32 Å². The Morgan fingerprint density at radius 2 is 2.11 bits per heavy atom. The van der Waals surface area contributed by atoms with Gasteiger partial charge in [0.1, 0.15) is 6.10 Å². The minimum atomic E-state index is -0.880. The normalized spacial score (nSPS) is 20.1. The highest BCUT2D eigenvalue weighted by Crippen LogP contribution is 2.33. The Balaban J connectivity index is 2.20. The zero-order valence-electron chi connectivity index (χ0n) is 11.9. The monoisotopic (exact) mass is 265 g/mol. The first-order chi connectivity index (χ1) is 9.00. The van der Waals surface area contributed by atoms with Gasteiger partial charge < -0.3 is 19.9 Å². The Hall–Kier alpha value is -1.26. The van der Waals surface area contributed by atoms with E-state index >= 15 is 0 Å². The van der Waals surface area contributed by atoms with E-state index in [1.165, 1.54) is 0 Å². The first-order valence-corrected chi connectivity index (χ1v) is 6.79. The molecule has 1 heterocycles. The van der Waals surface area contributed by atoms with E-state index in [1.54, 1.807) is 21.0 Å². The highest BCUT2D eigenvalue weighted by atomic mass is 16.5. The summed E-state index contributed by atoms with van der Waals surface area (Å²) in [6, 6.07) is 5.58. The molecule has 1 saturated heterocycles. The quantitative estimate of drug-likeness (QED) is 0.875. The molecule has 0 aromatic heterocycles. The summed E-state index contributed by atoms with van der Waals surface area (Å²) in [5.41, 5.74) is -0.0538. The minimum Gasteiger partial charge on any atom is -0.493 e. The van der Waals surface area contributed by atoms with Crippen molar-refractivity contribution in [2.24, 2.45) is 0 Å². The van der Waals surface area contributed by atoms with Crippen LogP contribution in [0, 0.1) is 0 Å². The molecule has 0 radical (unpaired) electrons. The molecule has 0 spiro atoms. The van der Waals surface area contributed by atoms with Crippen LogP contribution in [0.25, 0.3) is 0 Å². The van der Waals surface area contributed by atoms with Crippen molar-refractivity contribution in [3.8, 4) is 11.5 Å². The van der Waals surface area contributed by atoms with Gasteiger partial charge in [-0.25, -0.2) is 0 Å². The lowest BCUT2D eigenvalue weighted by molar-refractivity contribution is 0.0776. The van der Waals surface area contributed by atoms with Crippen LogP contribution in [0.4, 0.5) is 0 Å². The average molecular weight is 265 g/mol. The van der Waals surface area contributed by atoms with Crippen LogP contribution in [-0.4, -0.2) is 31.4 Å². The molecule has 106 valence electrons. The predicted octanol–water partition coefficient (Wildman–Crippen LogP) is 2.05. The number of aliphatic hydroxyl groups is 1. The van der Waals surface area contributed by atoms with Crippen molar-refractivity contribution in [3.63, 3.8) is 0 Å². The topological polar surface area (TPSA) is 50.7 Å². The lowest BCUT2D eigenvalue weighted by Gasteiger charge is -2.26. The Kier molecular flexibility index (Phi) is 4.32. The van der Waals surface area contributed by atoms with E-state index in [1.807, 2.05) is 18.2 Å². The first-order valence-electron chi connectivity index (χ1n) is 6.79. The van der Waals surface area contributed by atoms with Crippen LogP contribution in [0.5, 0.6) is 11.5 Å². The van der Waals surface area contributed by atoms with E-state index < -0.39 is 5.60 Å². The number of nitrogens with one attached hydrogen (secondary N) is 1. The van der Waals surface area contributed by atoms with Gasteiger partial charge in [0.15, 0.2) is 11.5 Å². The van der Waals surface area contributed by atoms with Crippen LogP contribution in [-0.2, 0) is 5.60 Å². The second kappa shape index (κ2) is 5.80. The number of hydrogen-bond donors (Lipinski definition) is 2. The molecule has 1 aliphatic heterocycles. The van der Waals surface area contributed by atoms with Crippen LogP contribution >= 0.6 is 0 Å². The highest BCUT2D eigenvalue weighted by molar-refractivity contribution is 5.44. The summed E-state index contributed by atoms with van der Waals surface area (Å²) in [5, 5.41) is 13.4. The van der Waals surface area contributed by atoms with E-state index in [-0.39, 0.29) is 6.10 Å². The van der Waals surface area contributed by atoms with E-state index in [2.05, 4.69) is 5.32 Å². The third-order valence-electron chi connectivity index (χ3n) is 3.42. The van der Waals surface area contributed by atoms with Crippen LogP contribution in [0.3, 0.4) is 0 Å². The number of benzene rings is 1. The zero-order chi connectivity index (χ0) is 13.9. The highest BCUT2D eigenvalue weighted by Gasteiger charge is 2.21. The molecule has 1 aromatic carbocycles. The Morgan fingerprint density at radius 3 is 2.68 bits per heavy atom. The fourth-order valence-electron chi connectivity index (χ4n) is 2.25. The lowest BCUT2D eigenvalue weighted by atomic mass is 9.98. The molecule has 2 rings (SSSR count). The van der Waals surface area contributed by atoms with Gasteiger partial charge in [0.2, 0.25) is 0 Å². The molecule has 1 aliphatic rings. The maximum absolute atomic E-state index is 10.1. The van der Waals surface area contributed by atoms with Crippen molar-refractivity contribution in [3.05, 3.63) is 23.8 Å². The second-order valence-corrected chi connectivity index (χ2v) is 5.51. The molecule has 19 heavy (non-hydrogen) atoms. The molecule has 1 unspecified atom stereocenters. The SMILES string of the molecule is COc1ccc(C(C)(C)O)cc1OC1CCCNC1. The standard InChI is InChI=1S/C15H23NO3/c1-15(2,17)11-6-7-13(18-3)14(9-11)19-12-5-4-8-16-10-12/h6-7,9,12,16-17H,4-5,8,10H2,1-3H3. The van der Waals surface area contributed by atoms with Gasteiger partial charge in [-0.1, -0.05) is 6.07 Å². The number of hydrogen-bond acceptors (Lipinski definition) is 4. The fourth-order valence-corrected chi connectivity index (χ4v) is 2.25. The van der Waals surface area contributed by atoms with Gasteiger partial charge in [0.25, 0.3) is 0 Å². The summed E-state index contributed by atoms with van der Waals surface area (Å²) >= 11 is 0. The minimum absolute atomic E-state index is 0.166. The van der Waals surface area contributed by atoms with Crippen LogP contribution < -0.4 is 14.8 Å². The molecule has 0 saturated carbocycles. The smallest absolute Gasteiger partial charge is 0.162 e. The van der Waals surface area contributed by atoms with Crippen molar-refractivity contribution in [1.29, 1.82) is 0 Å². The molecule has 4 nitrogen and oxygen atoms in total. The van der Waals surface area contributed by atoms with Gasteiger partial charge in [-0.05, 0) is 50.9 Å². The van der Waals surface area contributed by atoms with Gasteiger partial charge in [-0.3, -0.25) is 0 Å². The van der Waals surface area contributed by atoms with Gasteiger partial charge >= 0.3 is 0 Å². The fraction of sp³-hybridized carbons (Fsp3) is 0.600. The maximum atomic E-state index is 10.1. The van der Waals surface area contributed by atoms with Gasteiger partial charge in [-0.2, -0.15) is 0 Å². The molecule has 1 fully saturated rings. The molecule has 1 atom stereocenters. The number of ether oxygens (including phenoxy) is 2. The lowest BCUT2D eigenvalue weighted by Crippen LogP contribution is -2.37. The summed E-state index contributed by atoms with van der Waals surface area (Å²) in [4.78, 5) is 0. The Bertz CT molecular complexity index is 420. The average Bonchev–Trinajstić information content (AvgIpc) is 2.39. The zero-order valence-corrected chi connectivity index (χ0v) is 11.9. The van der Waals surface area contributed by atoms with Crippen molar-refractivity contribution < 1.29 is 14.6 Å². The summed E-state index contributed by atoms with van der Waals surface area (Å²) in [6.45, 7) is 5.44. The van der Waals surface area contributed by atoms with Crippen LogP contribution in [0.15, 0.2) is 18.2 Å². The van der Waals surface area contributed by atoms with Gasteiger partial charge in [-0.15, -0.1) is 0 Å². The molecule has 0 bridgehead atoms. The van der Waals surface area contributed by atoms with Gasteiger partial charge in [0.05, 0.1) is 12.7 Å². The van der Waals surface area contributed by atoms with E-state index in [9.17, 15) is 5.11 Å². The molecule has 0 amide bonds. The second-order valence-electron chi connectivity index (χ2n) is 5.51. The summed E-state index contributed by atoms with van der Waals surface area (Å²) < 4.78 is 11.3. The van der Waals surface area contributed by atoms with Crippen LogP contribution in [0.1, 0.15) is 32.3 Å². The van der Waals surface area contributed by atoms with Crippen LogP contribution in [0.2, 0.25) is 0 Å². The molecule has 4 heteroatoms. The Labute approximate surface area is 114 Å². The van der Waals surface area contributed by atoms with Gasteiger partial charge in [0, 0.05) is 6.54 Å².